The molecule has 0 aromatic rings. The molecule has 0 radical (unpaired) electrons. The number of alkyl halides is 2. The fourth-order valence-electron chi connectivity index (χ4n) is 6.11. The summed E-state index contributed by atoms with van der Waals surface area (Å²) in [4.78, 5) is 22.1. The van der Waals surface area contributed by atoms with E-state index in [4.69, 9.17) is 16.5 Å². The largest absolute Gasteiger partial charge is 0.355 e. The van der Waals surface area contributed by atoms with Crippen LogP contribution in [0.1, 0.15) is 77.6 Å². The fraction of sp³-hybridized carbons (Fsp3) is 0.786. The van der Waals surface area contributed by atoms with Crippen LogP contribution in [0.5, 0.6) is 0 Å². The molecule has 4 unspecified atom stereocenters. The van der Waals surface area contributed by atoms with Gasteiger partial charge >= 0.3 is 0 Å². The Kier molecular flexibility index (Phi) is 11.1. The number of halogens is 2. The number of piperidine rings is 1. The number of amidine groups is 1. The quantitative estimate of drug-likeness (QED) is 0.360. The van der Waals surface area contributed by atoms with E-state index >= 15 is 0 Å². The Morgan fingerprint density at radius 1 is 1.13 bits per heavy atom. The van der Waals surface area contributed by atoms with Gasteiger partial charge in [-0.2, -0.15) is 0 Å². The van der Waals surface area contributed by atoms with Crippen LogP contribution in [-0.2, 0) is 4.79 Å². The summed E-state index contributed by atoms with van der Waals surface area (Å²) in [5.41, 5.74) is 16.8. The molecule has 0 bridgehead atoms. The normalized spacial score (nSPS) is 27.9. The summed E-state index contributed by atoms with van der Waals surface area (Å²) in [5.74, 6) is 1.67. The molecule has 0 aromatic carbocycles. The number of likely N-dealkylation sites (tertiary alicyclic amines) is 2. The minimum absolute atomic E-state index is 0.0306. The molecule has 1 saturated carbocycles. The predicted octanol–water partition coefficient (Wildman–Crippen LogP) is 2.66. The summed E-state index contributed by atoms with van der Waals surface area (Å²) in [6, 6.07) is -0.629. The Labute approximate surface area is 232 Å². The van der Waals surface area contributed by atoms with Crippen molar-refractivity contribution in [3.63, 3.8) is 0 Å². The topological polar surface area (TPSA) is 115 Å². The van der Waals surface area contributed by atoms with Gasteiger partial charge in [-0.15, -0.1) is 0 Å². The van der Waals surface area contributed by atoms with E-state index in [9.17, 15) is 13.6 Å². The number of nitrogens with zero attached hydrogens (tertiary/aromatic N) is 4. The Morgan fingerprint density at radius 3 is 2.49 bits per heavy atom. The van der Waals surface area contributed by atoms with Gasteiger partial charge in [-0.1, -0.05) is 38.5 Å². The van der Waals surface area contributed by atoms with Crippen molar-refractivity contribution >= 4 is 11.7 Å². The molecule has 4 heterocycles. The highest BCUT2D eigenvalue weighted by molar-refractivity contribution is 5.99. The van der Waals surface area contributed by atoms with Gasteiger partial charge in [0.2, 0.25) is 5.91 Å². The van der Waals surface area contributed by atoms with E-state index in [2.05, 4.69) is 21.7 Å². The van der Waals surface area contributed by atoms with Crippen molar-refractivity contribution in [3.8, 4) is 0 Å². The van der Waals surface area contributed by atoms with E-state index in [-0.39, 0.29) is 37.1 Å². The number of hydrogen-bond donors (Lipinski definition) is 4. The number of amides is 1. The Balaban J connectivity index is 0.000000519. The summed E-state index contributed by atoms with van der Waals surface area (Å²) in [6.07, 6.45) is 14.9. The van der Waals surface area contributed by atoms with Gasteiger partial charge in [0.05, 0.1) is 24.7 Å². The zero-order valence-corrected chi connectivity index (χ0v) is 23.5. The maximum atomic E-state index is 13.1. The maximum Gasteiger partial charge on any atom is 0.250 e. The van der Waals surface area contributed by atoms with Crippen LogP contribution in [0.3, 0.4) is 0 Å². The number of hydrazine groups is 1. The first kappa shape index (κ1) is 29.9. The molecule has 3 fully saturated rings. The van der Waals surface area contributed by atoms with Gasteiger partial charge in [-0.05, 0) is 51.6 Å². The van der Waals surface area contributed by atoms with Gasteiger partial charge in [0.15, 0.2) is 0 Å². The van der Waals surface area contributed by atoms with Crippen LogP contribution in [0.4, 0.5) is 8.78 Å². The molecule has 0 aromatic heterocycles. The predicted molar refractivity (Wildman–Crippen MR) is 151 cm³/mol. The number of carbonyl (C=O) groups is 1. The summed E-state index contributed by atoms with van der Waals surface area (Å²) in [5, 5.41) is 4.58. The second-order valence-corrected chi connectivity index (χ2v) is 11.5. The molecule has 4 aliphatic heterocycles. The fourth-order valence-corrected chi connectivity index (χ4v) is 6.11. The molecule has 1 aliphatic carbocycles. The molecular weight excluding hydrogens is 502 g/mol. The Hall–Kier alpha value is -2.08. The van der Waals surface area contributed by atoms with E-state index in [1.807, 2.05) is 23.0 Å². The molecule has 5 aliphatic rings. The van der Waals surface area contributed by atoms with Crippen molar-refractivity contribution < 1.29 is 13.6 Å². The lowest BCUT2D eigenvalue weighted by atomic mass is 9.94. The summed E-state index contributed by atoms with van der Waals surface area (Å²) in [7, 11) is 0. The van der Waals surface area contributed by atoms with Gasteiger partial charge in [0, 0.05) is 37.4 Å². The van der Waals surface area contributed by atoms with Crippen molar-refractivity contribution in [3.05, 3.63) is 23.7 Å². The standard InChI is InChI=1S/C22H36F2N8O.C6H12/c1-14-12-32-20(28-21(14)30-9-6-15(25)13-30)10-17(29-32)18-4-2-3-8-31(18)22(33)16(26)5-7-27-11-19(23)24;1-2-4-6-5-3-1/h10,12,15-19,27,29H,2-9,11,13,25-26H2,1H3;1-6H2. The maximum absolute atomic E-state index is 13.1. The van der Waals surface area contributed by atoms with Crippen LogP contribution in [0, 0.1) is 0 Å². The highest BCUT2D eigenvalue weighted by Crippen LogP contribution is 2.29. The molecular formula is C28H48F2N8O. The van der Waals surface area contributed by atoms with E-state index in [0.717, 1.165) is 56.0 Å². The van der Waals surface area contributed by atoms with Crippen molar-refractivity contribution in [1.82, 2.24) is 25.6 Å². The second kappa shape index (κ2) is 14.5. The average molecular weight is 551 g/mol. The highest BCUT2D eigenvalue weighted by atomic mass is 19.3. The number of nitrogens with two attached hydrogens (primary N) is 2. The van der Waals surface area contributed by atoms with E-state index in [0.29, 0.717) is 13.0 Å². The van der Waals surface area contributed by atoms with Crippen molar-refractivity contribution in [1.29, 1.82) is 0 Å². The molecule has 4 atom stereocenters. The van der Waals surface area contributed by atoms with Crippen LogP contribution >= 0.6 is 0 Å². The van der Waals surface area contributed by atoms with Gasteiger partial charge < -0.3 is 26.6 Å². The van der Waals surface area contributed by atoms with Gasteiger partial charge in [0.1, 0.15) is 11.7 Å². The summed E-state index contributed by atoms with van der Waals surface area (Å²) < 4.78 is 24.6. The number of hydrogen-bond acceptors (Lipinski definition) is 8. The molecule has 6 N–H and O–H groups in total. The first-order valence-electron chi connectivity index (χ1n) is 14.9. The third kappa shape index (κ3) is 8.22. The Morgan fingerprint density at radius 2 is 1.85 bits per heavy atom. The summed E-state index contributed by atoms with van der Waals surface area (Å²) >= 11 is 0. The lowest BCUT2D eigenvalue weighted by molar-refractivity contribution is -0.137. The number of carbonyl (C=O) groups excluding carboxylic acids is 1. The minimum Gasteiger partial charge on any atom is -0.355 e. The highest BCUT2D eigenvalue weighted by Gasteiger charge is 2.39. The first-order chi connectivity index (χ1) is 18.8. The van der Waals surface area contributed by atoms with E-state index < -0.39 is 12.5 Å². The molecule has 5 rings (SSSR count). The van der Waals surface area contributed by atoms with E-state index in [1.54, 1.807) is 0 Å². The molecule has 2 saturated heterocycles. The monoisotopic (exact) mass is 550 g/mol. The zero-order valence-electron chi connectivity index (χ0n) is 23.5. The van der Waals surface area contributed by atoms with Crippen molar-refractivity contribution in [2.75, 3.05) is 32.7 Å². The molecule has 220 valence electrons. The molecule has 11 heteroatoms. The first-order valence-corrected chi connectivity index (χ1v) is 14.9. The van der Waals surface area contributed by atoms with Crippen molar-refractivity contribution in [2.24, 2.45) is 16.5 Å². The molecule has 39 heavy (non-hydrogen) atoms. The minimum atomic E-state index is -2.41. The Bertz CT molecular complexity index is 894. The lowest BCUT2D eigenvalue weighted by Gasteiger charge is -2.40. The van der Waals surface area contributed by atoms with Crippen LogP contribution in [0.2, 0.25) is 0 Å². The SMILES string of the molecule is C1CCCCC1.CC1=CN2NC(C3CCCCN3C(=O)C(N)CCNCC(F)F)C=C2N=C1N1CCC(N)C1. The van der Waals surface area contributed by atoms with Gasteiger partial charge in [0.25, 0.3) is 6.43 Å². The van der Waals surface area contributed by atoms with Crippen LogP contribution < -0.4 is 22.2 Å². The van der Waals surface area contributed by atoms with Crippen LogP contribution in [0.25, 0.3) is 0 Å². The smallest absolute Gasteiger partial charge is 0.250 e. The van der Waals surface area contributed by atoms with Gasteiger partial charge in [-0.25, -0.2) is 19.2 Å². The third-order valence-corrected chi connectivity index (χ3v) is 8.28. The molecule has 0 spiro atoms. The van der Waals surface area contributed by atoms with Crippen LogP contribution in [0.15, 0.2) is 28.7 Å². The zero-order chi connectivity index (χ0) is 27.8. The number of fused-ring (bicyclic) bond motifs is 1. The third-order valence-electron chi connectivity index (χ3n) is 8.28. The summed E-state index contributed by atoms with van der Waals surface area (Å²) in [6.45, 7) is 4.32. The number of rotatable bonds is 7. The average Bonchev–Trinajstić information content (AvgIpc) is 3.57. The van der Waals surface area contributed by atoms with Crippen LogP contribution in [-0.4, -0.2) is 89.9 Å². The second-order valence-electron chi connectivity index (χ2n) is 11.5. The van der Waals surface area contributed by atoms with Crippen molar-refractivity contribution in [2.45, 2.75) is 108 Å². The molecule has 1 amide bonds. The molecule has 9 nitrogen and oxygen atoms in total. The van der Waals surface area contributed by atoms with E-state index in [1.165, 1.54) is 38.5 Å². The van der Waals surface area contributed by atoms with Gasteiger partial charge in [-0.3, -0.25) is 9.80 Å². The number of nitrogens with one attached hydrogen (secondary N) is 2. The number of aliphatic imine (C=N–C) groups is 1. The lowest BCUT2D eigenvalue weighted by Crippen LogP contribution is -2.57.